The normalized spacial score (nSPS) is 17.5. The van der Waals surface area contributed by atoms with E-state index in [1.807, 2.05) is 0 Å². The van der Waals surface area contributed by atoms with E-state index in [1.54, 1.807) is 12.1 Å². The molecule has 1 aromatic rings. The van der Waals surface area contributed by atoms with Crippen molar-refractivity contribution in [2.24, 2.45) is 0 Å². The van der Waals surface area contributed by atoms with Crippen molar-refractivity contribution in [2.75, 3.05) is 31.7 Å². The first-order chi connectivity index (χ1) is 10.6. The first-order valence-corrected chi connectivity index (χ1v) is 6.66. The zero-order valence-electron chi connectivity index (χ0n) is 11.7. The van der Waals surface area contributed by atoms with Crippen molar-refractivity contribution >= 4 is 23.5 Å². The number of ether oxygens (including phenoxy) is 2. The number of anilines is 1. The van der Waals surface area contributed by atoms with Crippen LogP contribution in [0.25, 0.3) is 0 Å². The summed E-state index contributed by atoms with van der Waals surface area (Å²) in [5, 5.41) is 13.4. The Morgan fingerprint density at radius 3 is 2.50 bits per heavy atom. The fraction of sp³-hybridized carbons (Fsp3) is 0.357. The molecule has 118 valence electrons. The standard InChI is InChI=1S/C14H16N2O6/c17-12(18)7-15-13(19)9-1-3-10(4-2-9)16-14(20)11-8-21-5-6-22-11/h1-4,11H,5-8H2,(H,15,19)(H,16,20)(H,17,18). The SMILES string of the molecule is O=C(O)CNC(=O)c1ccc(NC(=O)C2COCCO2)cc1. The number of rotatable bonds is 5. The minimum absolute atomic E-state index is 0.210. The molecule has 0 aliphatic carbocycles. The van der Waals surface area contributed by atoms with Crippen LogP contribution in [0.1, 0.15) is 10.4 Å². The van der Waals surface area contributed by atoms with E-state index >= 15 is 0 Å². The Morgan fingerprint density at radius 1 is 1.18 bits per heavy atom. The molecular formula is C14H16N2O6. The molecule has 1 aliphatic rings. The van der Waals surface area contributed by atoms with Crippen LogP contribution in [0, 0.1) is 0 Å². The minimum Gasteiger partial charge on any atom is -0.480 e. The van der Waals surface area contributed by atoms with Gasteiger partial charge in [0.05, 0.1) is 19.8 Å². The summed E-state index contributed by atoms with van der Waals surface area (Å²) in [7, 11) is 0. The van der Waals surface area contributed by atoms with Gasteiger partial charge in [-0.1, -0.05) is 0 Å². The third-order valence-electron chi connectivity index (χ3n) is 2.92. The number of aliphatic carboxylic acids is 1. The highest BCUT2D eigenvalue weighted by molar-refractivity contribution is 5.97. The number of hydrogen-bond acceptors (Lipinski definition) is 5. The molecule has 1 unspecified atom stereocenters. The average Bonchev–Trinajstić information content (AvgIpc) is 2.54. The Balaban J connectivity index is 1.89. The van der Waals surface area contributed by atoms with E-state index in [1.165, 1.54) is 12.1 Å². The second-order valence-electron chi connectivity index (χ2n) is 4.58. The van der Waals surface area contributed by atoms with E-state index in [4.69, 9.17) is 14.6 Å². The van der Waals surface area contributed by atoms with E-state index in [2.05, 4.69) is 10.6 Å². The van der Waals surface area contributed by atoms with E-state index in [9.17, 15) is 14.4 Å². The molecule has 1 fully saturated rings. The summed E-state index contributed by atoms with van der Waals surface area (Å²) in [5.41, 5.74) is 0.811. The van der Waals surface area contributed by atoms with Crippen LogP contribution in [0.2, 0.25) is 0 Å². The lowest BCUT2D eigenvalue weighted by molar-refractivity contribution is -0.142. The summed E-state index contributed by atoms with van der Waals surface area (Å²) in [6.45, 7) is 0.614. The Kier molecular flexibility index (Phi) is 5.45. The molecule has 0 aromatic heterocycles. The molecule has 8 heteroatoms. The van der Waals surface area contributed by atoms with Crippen molar-refractivity contribution in [1.29, 1.82) is 0 Å². The maximum Gasteiger partial charge on any atom is 0.322 e. The molecule has 1 aliphatic heterocycles. The van der Waals surface area contributed by atoms with Gasteiger partial charge in [0.25, 0.3) is 11.8 Å². The van der Waals surface area contributed by atoms with Gasteiger partial charge in [-0.15, -0.1) is 0 Å². The molecule has 8 nitrogen and oxygen atoms in total. The summed E-state index contributed by atoms with van der Waals surface area (Å²) in [5.74, 6) is -1.93. The van der Waals surface area contributed by atoms with Gasteiger partial charge >= 0.3 is 5.97 Å². The maximum atomic E-state index is 11.9. The molecule has 1 aromatic carbocycles. The number of carboxylic acid groups (broad SMARTS) is 1. The molecule has 3 N–H and O–H groups in total. The molecule has 2 rings (SSSR count). The molecule has 0 saturated carbocycles. The van der Waals surface area contributed by atoms with E-state index in [0.29, 0.717) is 24.5 Å². The van der Waals surface area contributed by atoms with Crippen LogP contribution in [0.4, 0.5) is 5.69 Å². The van der Waals surface area contributed by atoms with Crippen molar-refractivity contribution in [3.63, 3.8) is 0 Å². The van der Waals surface area contributed by atoms with Gasteiger partial charge in [-0.25, -0.2) is 0 Å². The van der Waals surface area contributed by atoms with Crippen molar-refractivity contribution < 1.29 is 29.0 Å². The zero-order valence-corrected chi connectivity index (χ0v) is 11.7. The first kappa shape index (κ1) is 15.9. The topological polar surface area (TPSA) is 114 Å². The van der Waals surface area contributed by atoms with Crippen molar-refractivity contribution in [3.8, 4) is 0 Å². The van der Waals surface area contributed by atoms with Gasteiger partial charge in [-0.05, 0) is 24.3 Å². The summed E-state index contributed by atoms with van der Waals surface area (Å²) >= 11 is 0. The van der Waals surface area contributed by atoms with Gasteiger partial charge in [-0.2, -0.15) is 0 Å². The van der Waals surface area contributed by atoms with Crippen molar-refractivity contribution in [1.82, 2.24) is 5.32 Å². The van der Waals surface area contributed by atoms with Crippen LogP contribution in [0.3, 0.4) is 0 Å². The van der Waals surface area contributed by atoms with Gasteiger partial charge < -0.3 is 25.2 Å². The first-order valence-electron chi connectivity index (χ1n) is 6.66. The Bertz CT molecular complexity index is 551. The number of amides is 2. The van der Waals surface area contributed by atoms with Crippen LogP contribution in [0.15, 0.2) is 24.3 Å². The van der Waals surface area contributed by atoms with Crippen molar-refractivity contribution in [3.05, 3.63) is 29.8 Å². The summed E-state index contributed by atoms with van der Waals surface area (Å²) in [4.78, 5) is 33.9. The second kappa shape index (κ2) is 7.53. The monoisotopic (exact) mass is 308 g/mol. The van der Waals surface area contributed by atoms with Gasteiger partial charge in [0, 0.05) is 11.3 Å². The minimum atomic E-state index is -1.12. The lowest BCUT2D eigenvalue weighted by Gasteiger charge is -2.22. The van der Waals surface area contributed by atoms with Gasteiger partial charge in [0.15, 0.2) is 6.10 Å². The fourth-order valence-electron chi connectivity index (χ4n) is 1.82. The highest BCUT2D eigenvalue weighted by Crippen LogP contribution is 2.11. The predicted octanol–water partition coefficient (Wildman–Crippen LogP) is -0.145. The molecule has 22 heavy (non-hydrogen) atoms. The van der Waals surface area contributed by atoms with E-state index in [0.717, 1.165) is 0 Å². The third kappa shape index (κ3) is 4.54. The van der Waals surface area contributed by atoms with Gasteiger partial charge in [0.2, 0.25) is 0 Å². The zero-order chi connectivity index (χ0) is 15.9. The molecule has 0 radical (unpaired) electrons. The highest BCUT2D eigenvalue weighted by Gasteiger charge is 2.22. The Hall–Kier alpha value is -2.45. The third-order valence-corrected chi connectivity index (χ3v) is 2.92. The summed E-state index contributed by atoms with van der Waals surface area (Å²) < 4.78 is 10.4. The lowest BCUT2D eigenvalue weighted by Crippen LogP contribution is -2.39. The average molecular weight is 308 g/mol. The van der Waals surface area contributed by atoms with E-state index in [-0.39, 0.29) is 12.5 Å². The van der Waals surface area contributed by atoms with E-state index < -0.39 is 24.5 Å². The number of hydrogen-bond donors (Lipinski definition) is 3. The predicted molar refractivity (Wildman–Crippen MR) is 75.6 cm³/mol. The van der Waals surface area contributed by atoms with Crippen molar-refractivity contribution in [2.45, 2.75) is 6.10 Å². The molecule has 1 saturated heterocycles. The smallest absolute Gasteiger partial charge is 0.322 e. The van der Waals surface area contributed by atoms with Crippen LogP contribution >= 0.6 is 0 Å². The Morgan fingerprint density at radius 2 is 1.91 bits per heavy atom. The largest absolute Gasteiger partial charge is 0.480 e. The number of benzene rings is 1. The second-order valence-corrected chi connectivity index (χ2v) is 4.58. The van der Waals surface area contributed by atoms with Crippen LogP contribution in [-0.4, -0.2) is 55.4 Å². The number of carbonyl (C=O) groups excluding carboxylic acids is 2. The number of carbonyl (C=O) groups is 3. The van der Waals surface area contributed by atoms with Crippen LogP contribution in [-0.2, 0) is 19.1 Å². The Labute approximate surface area is 126 Å². The fourth-order valence-corrected chi connectivity index (χ4v) is 1.82. The number of nitrogens with one attached hydrogen (secondary N) is 2. The molecule has 1 heterocycles. The lowest BCUT2D eigenvalue weighted by atomic mass is 10.2. The summed E-state index contributed by atoms with van der Waals surface area (Å²) in [6, 6.07) is 6.09. The molecular weight excluding hydrogens is 292 g/mol. The van der Waals surface area contributed by atoms with Crippen LogP contribution < -0.4 is 10.6 Å². The number of carboxylic acids is 1. The summed E-state index contributed by atoms with van der Waals surface area (Å²) in [6.07, 6.45) is -0.646. The van der Waals surface area contributed by atoms with Crippen LogP contribution in [0.5, 0.6) is 0 Å². The molecule has 1 atom stereocenters. The molecule has 2 amide bonds. The van der Waals surface area contributed by atoms with Gasteiger partial charge in [0.1, 0.15) is 6.54 Å². The highest BCUT2D eigenvalue weighted by atomic mass is 16.6. The maximum absolute atomic E-state index is 11.9. The quantitative estimate of drug-likeness (QED) is 0.697. The molecule has 0 bridgehead atoms. The molecule has 0 spiro atoms. The van der Waals surface area contributed by atoms with Gasteiger partial charge in [-0.3, -0.25) is 14.4 Å².